The number of rotatable bonds is 5. The minimum Gasteiger partial charge on any atom is -0.463 e. The van der Waals surface area contributed by atoms with Gasteiger partial charge >= 0.3 is 18.2 Å². The number of esters is 1. The SMILES string of the molecule is CCOC(=O)C1=C(CSc2ccc(Cl)c(C(F)(F)F)c2)NC(=O)NC1C. The Morgan fingerprint density at radius 1 is 1.38 bits per heavy atom. The van der Waals surface area contributed by atoms with E-state index in [1.54, 1.807) is 13.8 Å². The summed E-state index contributed by atoms with van der Waals surface area (Å²) in [7, 11) is 0. The Morgan fingerprint density at radius 2 is 2.08 bits per heavy atom. The molecule has 2 rings (SSSR count). The second-order valence-corrected chi connectivity index (χ2v) is 6.82. The van der Waals surface area contributed by atoms with E-state index in [0.717, 1.165) is 23.9 Å². The van der Waals surface area contributed by atoms with Crippen LogP contribution in [0, 0.1) is 0 Å². The molecule has 1 aromatic rings. The third-order valence-corrected chi connectivity index (χ3v) is 4.84. The summed E-state index contributed by atoms with van der Waals surface area (Å²) in [6.45, 7) is 3.44. The first-order chi connectivity index (χ1) is 12.1. The fourth-order valence-corrected chi connectivity index (χ4v) is 3.49. The first-order valence-electron chi connectivity index (χ1n) is 7.60. The molecule has 0 radical (unpaired) electrons. The largest absolute Gasteiger partial charge is 0.463 e. The first-order valence-corrected chi connectivity index (χ1v) is 8.97. The van der Waals surface area contributed by atoms with Crippen LogP contribution in [0.3, 0.4) is 0 Å². The first kappa shape index (κ1) is 20.4. The Morgan fingerprint density at radius 3 is 2.69 bits per heavy atom. The molecule has 1 aliphatic heterocycles. The van der Waals surface area contributed by atoms with Gasteiger partial charge in [0.05, 0.1) is 28.8 Å². The maximum Gasteiger partial charge on any atom is 0.417 e. The van der Waals surface area contributed by atoms with E-state index in [1.165, 1.54) is 6.07 Å². The molecule has 2 N–H and O–H groups in total. The van der Waals surface area contributed by atoms with Gasteiger partial charge in [-0.2, -0.15) is 13.2 Å². The number of nitrogens with one attached hydrogen (secondary N) is 2. The van der Waals surface area contributed by atoms with Crippen LogP contribution in [-0.4, -0.2) is 30.4 Å². The number of amides is 2. The molecule has 0 saturated heterocycles. The molecular weight excluding hydrogens is 393 g/mol. The van der Waals surface area contributed by atoms with Gasteiger partial charge in [-0.1, -0.05) is 11.6 Å². The second kappa shape index (κ2) is 8.22. The summed E-state index contributed by atoms with van der Waals surface area (Å²) in [5.41, 5.74) is -0.399. The Labute approximate surface area is 157 Å². The van der Waals surface area contributed by atoms with Crippen molar-refractivity contribution in [1.82, 2.24) is 10.6 Å². The minimum atomic E-state index is -4.57. The lowest BCUT2D eigenvalue weighted by molar-refractivity contribution is -0.139. The normalized spacial score (nSPS) is 17.6. The van der Waals surface area contributed by atoms with E-state index in [-0.39, 0.29) is 17.9 Å². The number of benzene rings is 1. The quantitative estimate of drug-likeness (QED) is 0.571. The molecule has 0 aromatic heterocycles. The second-order valence-electron chi connectivity index (χ2n) is 5.36. The lowest BCUT2D eigenvalue weighted by Crippen LogP contribution is -2.49. The number of alkyl halides is 3. The molecule has 0 aliphatic carbocycles. The maximum absolute atomic E-state index is 12.9. The number of hydrogen-bond acceptors (Lipinski definition) is 4. The highest BCUT2D eigenvalue weighted by Crippen LogP contribution is 2.37. The molecule has 2 amide bonds. The molecule has 0 bridgehead atoms. The molecule has 1 unspecified atom stereocenters. The van der Waals surface area contributed by atoms with E-state index in [1.807, 2.05) is 0 Å². The number of halogens is 4. The number of carbonyl (C=O) groups excluding carboxylic acids is 2. The monoisotopic (exact) mass is 408 g/mol. The number of hydrogen-bond donors (Lipinski definition) is 2. The van der Waals surface area contributed by atoms with Crippen molar-refractivity contribution in [3.63, 3.8) is 0 Å². The van der Waals surface area contributed by atoms with Gasteiger partial charge in [-0.3, -0.25) is 0 Å². The van der Waals surface area contributed by atoms with E-state index in [4.69, 9.17) is 16.3 Å². The van der Waals surface area contributed by atoms with Gasteiger partial charge in [0.2, 0.25) is 0 Å². The molecule has 0 fully saturated rings. The predicted molar refractivity (Wildman–Crippen MR) is 92.0 cm³/mol. The average Bonchev–Trinajstić information content (AvgIpc) is 2.52. The zero-order valence-corrected chi connectivity index (χ0v) is 15.4. The van der Waals surface area contributed by atoms with Crippen LogP contribution in [0.5, 0.6) is 0 Å². The molecule has 5 nitrogen and oxygen atoms in total. The summed E-state index contributed by atoms with van der Waals surface area (Å²) in [5, 5.41) is 4.68. The summed E-state index contributed by atoms with van der Waals surface area (Å²) >= 11 is 6.64. The lowest BCUT2D eigenvalue weighted by Gasteiger charge is -2.26. The predicted octanol–water partition coefficient (Wildman–Crippen LogP) is 3.97. The highest BCUT2D eigenvalue weighted by Gasteiger charge is 2.34. The van der Waals surface area contributed by atoms with Crippen molar-refractivity contribution in [3.8, 4) is 0 Å². The Hall–Kier alpha value is -1.87. The molecule has 1 atom stereocenters. The van der Waals surface area contributed by atoms with Gasteiger partial charge in [-0.25, -0.2) is 9.59 Å². The van der Waals surface area contributed by atoms with Crippen LogP contribution in [0.25, 0.3) is 0 Å². The van der Waals surface area contributed by atoms with Gasteiger partial charge < -0.3 is 15.4 Å². The number of carbonyl (C=O) groups is 2. The van der Waals surface area contributed by atoms with Crippen molar-refractivity contribution in [3.05, 3.63) is 40.1 Å². The standard InChI is InChI=1S/C16H16ClF3N2O3S/c1-3-25-14(23)13-8(2)21-15(24)22-12(13)7-26-9-4-5-11(17)10(6-9)16(18,19)20/h4-6,8H,3,7H2,1-2H3,(H2,21,22,24). The zero-order chi connectivity index (χ0) is 19.5. The summed E-state index contributed by atoms with van der Waals surface area (Å²) in [4.78, 5) is 24.1. The van der Waals surface area contributed by atoms with E-state index < -0.39 is 34.8 Å². The van der Waals surface area contributed by atoms with Crippen molar-refractivity contribution in [2.24, 2.45) is 0 Å². The summed E-state index contributed by atoms with van der Waals surface area (Å²) in [5.74, 6) is -0.500. The van der Waals surface area contributed by atoms with Crippen molar-refractivity contribution in [2.75, 3.05) is 12.4 Å². The third kappa shape index (κ3) is 4.85. The van der Waals surface area contributed by atoms with Crippen LogP contribution in [0.1, 0.15) is 19.4 Å². The zero-order valence-electron chi connectivity index (χ0n) is 13.9. The van der Waals surface area contributed by atoms with Crippen LogP contribution in [0.4, 0.5) is 18.0 Å². The molecule has 26 heavy (non-hydrogen) atoms. The minimum absolute atomic E-state index is 0.0881. The Kier molecular flexibility index (Phi) is 6.46. The number of ether oxygens (including phenoxy) is 1. The molecule has 1 heterocycles. The van der Waals surface area contributed by atoms with Gasteiger partial charge in [-0.05, 0) is 32.0 Å². The van der Waals surface area contributed by atoms with Crippen molar-refractivity contribution >= 4 is 35.4 Å². The molecule has 10 heteroatoms. The fraction of sp³-hybridized carbons (Fsp3) is 0.375. The van der Waals surface area contributed by atoms with Crippen molar-refractivity contribution in [1.29, 1.82) is 0 Å². The molecule has 1 aromatic carbocycles. The van der Waals surface area contributed by atoms with E-state index in [2.05, 4.69) is 10.6 Å². The average molecular weight is 409 g/mol. The van der Waals surface area contributed by atoms with E-state index in [0.29, 0.717) is 10.6 Å². The van der Waals surface area contributed by atoms with Crippen molar-refractivity contribution in [2.45, 2.75) is 31.0 Å². The van der Waals surface area contributed by atoms with Crippen LogP contribution < -0.4 is 10.6 Å². The van der Waals surface area contributed by atoms with Crippen LogP contribution in [0.2, 0.25) is 5.02 Å². The maximum atomic E-state index is 12.9. The highest BCUT2D eigenvalue weighted by molar-refractivity contribution is 7.99. The molecular formula is C16H16ClF3N2O3S. The molecule has 1 aliphatic rings. The van der Waals surface area contributed by atoms with Gasteiger partial charge in [0, 0.05) is 16.3 Å². The van der Waals surface area contributed by atoms with Crippen LogP contribution >= 0.6 is 23.4 Å². The molecule has 0 spiro atoms. The van der Waals surface area contributed by atoms with E-state index in [9.17, 15) is 22.8 Å². The van der Waals surface area contributed by atoms with Gasteiger partial charge in [0.1, 0.15) is 0 Å². The topological polar surface area (TPSA) is 67.4 Å². The van der Waals surface area contributed by atoms with E-state index >= 15 is 0 Å². The van der Waals surface area contributed by atoms with Gasteiger partial charge in [0.25, 0.3) is 0 Å². The third-order valence-electron chi connectivity index (χ3n) is 3.49. The molecule has 0 saturated carbocycles. The van der Waals surface area contributed by atoms with Crippen LogP contribution in [0.15, 0.2) is 34.4 Å². The smallest absolute Gasteiger partial charge is 0.417 e. The van der Waals surface area contributed by atoms with Gasteiger partial charge in [-0.15, -0.1) is 11.8 Å². The Bertz CT molecular complexity index is 753. The highest BCUT2D eigenvalue weighted by atomic mass is 35.5. The summed E-state index contributed by atoms with van der Waals surface area (Å²) in [6, 6.07) is 2.47. The van der Waals surface area contributed by atoms with Crippen molar-refractivity contribution < 1.29 is 27.5 Å². The number of urea groups is 1. The lowest BCUT2D eigenvalue weighted by atomic mass is 10.1. The fourth-order valence-electron chi connectivity index (χ4n) is 2.36. The summed E-state index contributed by atoms with van der Waals surface area (Å²) in [6.07, 6.45) is -4.57. The number of thioether (sulfide) groups is 1. The van der Waals surface area contributed by atoms with Crippen LogP contribution in [-0.2, 0) is 15.7 Å². The van der Waals surface area contributed by atoms with Gasteiger partial charge in [0.15, 0.2) is 0 Å². The Balaban J connectivity index is 2.26. The summed E-state index contributed by atoms with van der Waals surface area (Å²) < 4.78 is 43.8. The molecule has 142 valence electrons.